The summed E-state index contributed by atoms with van der Waals surface area (Å²) >= 11 is 0. The number of methoxy groups -OCH3 is 1. The lowest BCUT2D eigenvalue weighted by Gasteiger charge is -2.19. The van der Waals surface area contributed by atoms with E-state index in [9.17, 15) is 18.8 Å². The fourth-order valence-electron chi connectivity index (χ4n) is 2.99. The first-order valence-electron chi connectivity index (χ1n) is 9.28. The molecule has 2 aromatic carbocycles. The SMILES string of the molecule is COc1ccc(CNC(=O)[C@H](C(=O)c2ccc(F)cc2)n2cc(C)ccc2=O)cc1. The molecular weight excluding hydrogens is 387 g/mol. The Kier molecular flexibility index (Phi) is 6.41. The number of nitrogens with one attached hydrogen (secondary N) is 1. The van der Waals surface area contributed by atoms with E-state index in [4.69, 9.17) is 4.74 Å². The Labute approximate surface area is 172 Å². The van der Waals surface area contributed by atoms with Crippen LogP contribution in [0.15, 0.2) is 71.7 Å². The van der Waals surface area contributed by atoms with Crippen molar-refractivity contribution < 1.29 is 18.7 Å². The van der Waals surface area contributed by atoms with Gasteiger partial charge in [0.15, 0.2) is 11.8 Å². The summed E-state index contributed by atoms with van der Waals surface area (Å²) in [7, 11) is 1.56. The van der Waals surface area contributed by atoms with E-state index >= 15 is 0 Å². The summed E-state index contributed by atoms with van der Waals surface area (Å²) in [6.45, 7) is 1.92. The number of amides is 1. The van der Waals surface area contributed by atoms with Crippen LogP contribution in [0.25, 0.3) is 0 Å². The molecule has 1 aromatic heterocycles. The van der Waals surface area contributed by atoms with Gasteiger partial charge in [-0.3, -0.25) is 19.0 Å². The Bertz CT molecular complexity index is 1110. The maximum atomic E-state index is 13.3. The van der Waals surface area contributed by atoms with Crippen LogP contribution in [-0.4, -0.2) is 23.4 Å². The highest BCUT2D eigenvalue weighted by Crippen LogP contribution is 2.16. The number of carbonyl (C=O) groups excluding carboxylic acids is 2. The maximum Gasteiger partial charge on any atom is 0.251 e. The number of aromatic nitrogens is 1. The van der Waals surface area contributed by atoms with Gasteiger partial charge in [0.1, 0.15) is 11.6 Å². The van der Waals surface area contributed by atoms with Crippen molar-refractivity contribution >= 4 is 11.7 Å². The molecule has 6 nitrogen and oxygen atoms in total. The lowest BCUT2D eigenvalue weighted by Crippen LogP contribution is -2.41. The highest BCUT2D eigenvalue weighted by molar-refractivity contribution is 6.11. The lowest BCUT2D eigenvalue weighted by atomic mass is 10.0. The van der Waals surface area contributed by atoms with Crippen LogP contribution >= 0.6 is 0 Å². The van der Waals surface area contributed by atoms with Crippen LogP contribution in [0.3, 0.4) is 0 Å². The van der Waals surface area contributed by atoms with Crippen molar-refractivity contribution in [1.82, 2.24) is 9.88 Å². The summed E-state index contributed by atoms with van der Waals surface area (Å²) in [5.74, 6) is -1.05. The van der Waals surface area contributed by atoms with E-state index in [1.165, 1.54) is 24.4 Å². The molecular formula is C23H21FN2O4. The summed E-state index contributed by atoms with van der Waals surface area (Å²) in [6.07, 6.45) is 1.46. The molecule has 0 aliphatic carbocycles. The Balaban J connectivity index is 1.90. The van der Waals surface area contributed by atoms with Gasteiger partial charge in [0.05, 0.1) is 7.11 Å². The monoisotopic (exact) mass is 408 g/mol. The normalized spacial score (nSPS) is 11.6. The van der Waals surface area contributed by atoms with Gasteiger partial charge in [-0.05, 0) is 54.4 Å². The highest BCUT2D eigenvalue weighted by Gasteiger charge is 2.30. The molecule has 1 N–H and O–H groups in total. The second-order valence-electron chi connectivity index (χ2n) is 6.79. The molecule has 0 saturated heterocycles. The molecule has 0 fully saturated rings. The number of nitrogens with zero attached hydrogens (tertiary/aromatic N) is 1. The van der Waals surface area contributed by atoms with Crippen LogP contribution in [0, 0.1) is 12.7 Å². The number of ketones is 1. The number of ether oxygens (including phenoxy) is 1. The van der Waals surface area contributed by atoms with Crippen molar-refractivity contribution in [2.24, 2.45) is 0 Å². The van der Waals surface area contributed by atoms with E-state index < -0.39 is 29.1 Å². The quantitative estimate of drug-likeness (QED) is 0.482. The number of hydrogen-bond donors (Lipinski definition) is 1. The van der Waals surface area contributed by atoms with Crippen molar-refractivity contribution in [2.45, 2.75) is 19.5 Å². The first-order valence-corrected chi connectivity index (χ1v) is 9.28. The molecule has 0 bridgehead atoms. The van der Waals surface area contributed by atoms with Gasteiger partial charge in [-0.25, -0.2) is 4.39 Å². The molecule has 0 aliphatic rings. The van der Waals surface area contributed by atoms with Gasteiger partial charge < -0.3 is 10.1 Å². The standard InChI is InChI=1S/C23H21FN2O4/c1-15-3-12-20(27)26(14-15)21(22(28)17-6-8-18(24)9-7-17)23(29)25-13-16-4-10-19(30-2)11-5-16/h3-12,14,21H,13H2,1-2H3,(H,25,29)/t21-/m0/s1. The molecule has 1 atom stereocenters. The minimum absolute atomic E-state index is 0.134. The summed E-state index contributed by atoms with van der Waals surface area (Å²) in [5, 5.41) is 2.71. The van der Waals surface area contributed by atoms with E-state index in [2.05, 4.69) is 5.32 Å². The Morgan fingerprint density at radius 2 is 1.70 bits per heavy atom. The van der Waals surface area contributed by atoms with Crippen molar-refractivity contribution in [3.05, 3.63) is 99.7 Å². The van der Waals surface area contributed by atoms with Gasteiger partial charge in [0.25, 0.3) is 11.5 Å². The summed E-state index contributed by atoms with van der Waals surface area (Å²) in [5.41, 5.74) is 1.17. The third-order valence-electron chi connectivity index (χ3n) is 4.62. The molecule has 154 valence electrons. The van der Waals surface area contributed by atoms with E-state index in [-0.39, 0.29) is 12.1 Å². The third kappa shape index (κ3) is 4.81. The van der Waals surface area contributed by atoms with Crippen molar-refractivity contribution in [2.75, 3.05) is 7.11 Å². The molecule has 1 amide bonds. The number of halogens is 1. The van der Waals surface area contributed by atoms with Crippen molar-refractivity contribution in [3.8, 4) is 5.75 Å². The van der Waals surface area contributed by atoms with Crippen LogP contribution in [-0.2, 0) is 11.3 Å². The minimum atomic E-state index is -1.42. The number of carbonyl (C=O) groups is 2. The number of hydrogen-bond acceptors (Lipinski definition) is 4. The van der Waals surface area contributed by atoms with Gasteiger partial charge in [-0.2, -0.15) is 0 Å². The van der Waals surface area contributed by atoms with E-state index in [1.54, 1.807) is 44.4 Å². The number of Topliss-reactive ketones (excluding diaryl/α,β-unsaturated/α-hetero) is 1. The number of aryl methyl sites for hydroxylation is 1. The zero-order valence-corrected chi connectivity index (χ0v) is 16.6. The van der Waals surface area contributed by atoms with Crippen molar-refractivity contribution in [1.29, 1.82) is 0 Å². The predicted molar refractivity (Wildman–Crippen MR) is 110 cm³/mol. The van der Waals surface area contributed by atoms with Gasteiger partial charge in [0.2, 0.25) is 0 Å². The van der Waals surface area contributed by atoms with E-state index in [1.807, 2.05) is 0 Å². The molecule has 0 radical (unpaired) electrons. The van der Waals surface area contributed by atoms with Crippen LogP contribution in [0.4, 0.5) is 4.39 Å². The summed E-state index contributed by atoms with van der Waals surface area (Å²) in [6, 6.07) is 13.4. The zero-order valence-electron chi connectivity index (χ0n) is 16.6. The number of pyridine rings is 1. The van der Waals surface area contributed by atoms with Crippen LogP contribution in [0.1, 0.15) is 27.5 Å². The van der Waals surface area contributed by atoms with Gasteiger partial charge >= 0.3 is 0 Å². The largest absolute Gasteiger partial charge is 0.497 e. The Morgan fingerprint density at radius 1 is 1.03 bits per heavy atom. The molecule has 0 saturated carbocycles. The van der Waals surface area contributed by atoms with Gasteiger partial charge in [-0.15, -0.1) is 0 Å². The minimum Gasteiger partial charge on any atom is -0.497 e. The van der Waals surface area contributed by atoms with E-state index in [0.717, 1.165) is 27.8 Å². The lowest BCUT2D eigenvalue weighted by molar-refractivity contribution is -0.123. The smallest absolute Gasteiger partial charge is 0.251 e. The Morgan fingerprint density at radius 3 is 2.33 bits per heavy atom. The Hall–Kier alpha value is -3.74. The topological polar surface area (TPSA) is 77.4 Å². The molecule has 3 rings (SSSR count). The molecule has 30 heavy (non-hydrogen) atoms. The first-order chi connectivity index (χ1) is 14.4. The molecule has 0 spiro atoms. The summed E-state index contributed by atoms with van der Waals surface area (Å²) in [4.78, 5) is 38.5. The second-order valence-corrected chi connectivity index (χ2v) is 6.79. The number of rotatable bonds is 7. The van der Waals surface area contributed by atoms with E-state index in [0.29, 0.717) is 5.75 Å². The highest BCUT2D eigenvalue weighted by atomic mass is 19.1. The zero-order chi connectivity index (χ0) is 21.7. The second kappa shape index (κ2) is 9.17. The predicted octanol–water partition coefficient (Wildman–Crippen LogP) is 3.04. The average molecular weight is 408 g/mol. The summed E-state index contributed by atoms with van der Waals surface area (Å²) < 4.78 is 19.5. The van der Waals surface area contributed by atoms with Crippen LogP contribution in [0.5, 0.6) is 5.75 Å². The average Bonchev–Trinajstić information content (AvgIpc) is 2.75. The molecule has 3 aromatic rings. The first kappa shape index (κ1) is 21.0. The van der Waals surface area contributed by atoms with Gasteiger partial charge in [0, 0.05) is 24.4 Å². The number of benzene rings is 2. The molecule has 1 heterocycles. The fraction of sp³-hybridized carbons (Fsp3) is 0.174. The molecule has 7 heteroatoms. The molecule has 0 aliphatic heterocycles. The van der Waals surface area contributed by atoms with Crippen LogP contribution < -0.4 is 15.6 Å². The molecule has 0 unspecified atom stereocenters. The van der Waals surface area contributed by atoms with Crippen LogP contribution in [0.2, 0.25) is 0 Å². The van der Waals surface area contributed by atoms with Crippen molar-refractivity contribution in [3.63, 3.8) is 0 Å². The van der Waals surface area contributed by atoms with Gasteiger partial charge in [-0.1, -0.05) is 18.2 Å². The fourth-order valence-corrected chi connectivity index (χ4v) is 2.99. The maximum absolute atomic E-state index is 13.3. The third-order valence-corrected chi connectivity index (χ3v) is 4.62.